The fourth-order valence-electron chi connectivity index (χ4n) is 1.18. The fraction of sp³-hybridized carbons (Fsp3) is 0.455. The van der Waals surface area contributed by atoms with Gasteiger partial charge in [0, 0.05) is 0 Å². The molecule has 0 spiro atoms. The molecule has 1 atom stereocenters. The first-order valence-corrected chi connectivity index (χ1v) is 5.94. The van der Waals surface area contributed by atoms with Gasteiger partial charge in [0.15, 0.2) is 0 Å². The number of rotatable bonds is 4. The Balaban J connectivity index is 2.61. The Labute approximate surface area is 106 Å². The second-order valence-electron chi connectivity index (χ2n) is 3.94. The van der Waals surface area contributed by atoms with Crippen LogP contribution in [-0.4, -0.2) is 17.2 Å². The Morgan fingerprint density at radius 2 is 2.22 bits per heavy atom. The molecule has 1 aromatic rings. The summed E-state index contributed by atoms with van der Waals surface area (Å²) < 4.78 is 30.8. The van der Waals surface area contributed by atoms with Gasteiger partial charge in [0.1, 0.15) is 5.69 Å². The first-order chi connectivity index (χ1) is 8.29. The number of nitrogens with one attached hydrogen (secondary N) is 1. The van der Waals surface area contributed by atoms with E-state index in [1.807, 2.05) is 0 Å². The van der Waals surface area contributed by atoms with Gasteiger partial charge in [-0.3, -0.25) is 0 Å². The molecule has 0 fully saturated rings. The third-order valence-electron chi connectivity index (χ3n) is 1.90. The molecule has 0 aliphatic rings. The zero-order valence-electron chi connectivity index (χ0n) is 10.1. The van der Waals surface area contributed by atoms with Crippen LogP contribution in [0.4, 0.5) is 13.6 Å². The molecule has 4 nitrogen and oxygen atoms in total. The number of alkyl halides is 2. The van der Waals surface area contributed by atoms with E-state index in [1.165, 1.54) is 21.4 Å². The molecular weight excluding hydrogens is 261 g/mol. The lowest BCUT2D eigenvalue weighted by atomic mass is 10.3. The minimum atomic E-state index is -3.07. The van der Waals surface area contributed by atoms with Crippen molar-refractivity contribution in [2.24, 2.45) is 0 Å². The molecule has 1 rings (SSSR count). The minimum absolute atomic E-state index is 0.0418. The van der Waals surface area contributed by atoms with Crippen LogP contribution in [0.1, 0.15) is 25.2 Å². The molecule has 0 saturated carbocycles. The van der Waals surface area contributed by atoms with Crippen LogP contribution in [0.15, 0.2) is 18.2 Å². The van der Waals surface area contributed by atoms with E-state index in [0.717, 1.165) is 0 Å². The van der Waals surface area contributed by atoms with Crippen LogP contribution in [0.5, 0.6) is 0 Å². The quantitative estimate of drug-likeness (QED) is 0.860. The molecule has 0 radical (unpaired) electrons. The zero-order valence-corrected chi connectivity index (χ0v) is 11.3. The molecule has 1 amide bonds. The van der Waals surface area contributed by atoms with Gasteiger partial charge in [-0.05, 0) is 26.0 Å². The second kappa shape index (κ2) is 6.05. The van der Waals surface area contributed by atoms with Crippen LogP contribution in [0, 0.1) is 0 Å². The summed E-state index contributed by atoms with van der Waals surface area (Å²) in [5.41, 5.74) is -3.09. The van der Waals surface area contributed by atoms with Crippen molar-refractivity contribution < 1.29 is 18.3 Å². The van der Waals surface area contributed by atoms with E-state index < -0.39 is 11.8 Å². The SMILES string of the molecule is CC(C)OC(=O)NCc1cccc(C(F)(F)P)n1. The number of aromatic nitrogens is 1. The fourth-order valence-corrected chi connectivity index (χ4v) is 1.34. The molecular formula is C11H15F2N2O2P. The monoisotopic (exact) mass is 276 g/mol. The van der Waals surface area contributed by atoms with Crippen molar-refractivity contribution in [3.63, 3.8) is 0 Å². The first kappa shape index (κ1) is 14.8. The van der Waals surface area contributed by atoms with Gasteiger partial charge in [-0.15, -0.1) is 0 Å². The van der Waals surface area contributed by atoms with Gasteiger partial charge < -0.3 is 10.1 Å². The van der Waals surface area contributed by atoms with Gasteiger partial charge >= 0.3 is 6.09 Å². The number of pyridine rings is 1. The zero-order chi connectivity index (χ0) is 13.8. The van der Waals surface area contributed by atoms with E-state index >= 15 is 0 Å². The molecule has 7 heteroatoms. The molecule has 0 bridgehead atoms. The summed E-state index contributed by atoms with van der Waals surface area (Å²) in [5.74, 6) is 0. The van der Waals surface area contributed by atoms with Crippen molar-refractivity contribution in [3.05, 3.63) is 29.6 Å². The first-order valence-electron chi connectivity index (χ1n) is 5.36. The maximum absolute atomic E-state index is 13.0. The number of nitrogens with zero attached hydrogens (tertiary/aromatic N) is 1. The number of carbonyl (C=O) groups excluding carboxylic acids is 1. The van der Waals surface area contributed by atoms with Crippen LogP contribution in [-0.2, 0) is 16.9 Å². The molecule has 1 aromatic heterocycles. The van der Waals surface area contributed by atoms with Gasteiger partial charge in [0.25, 0.3) is 5.66 Å². The van der Waals surface area contributed by atoms with E-state index in [4.69, 9.17) is 4.74 Å². The molecule has 0 aliphatic heterocycles. The lowest BCUT2D eigenvalue weighted by Crippen LogP contribution is -2.27. The average Bonchev–Trinajstić information content (AvgIpc) is 2.25. The van der Waals surface area contributed by atoms with Gasteiger partial charge in [-0.1, -0.05) is 15.3 Å². The average molecular weight is 276 g/mol. The van der Waals surface area contributed by atoms with E-state index in [-0.39, 0.29) is 18.3 Å². The highest BCUT2D eigenvalue weighted by atomic mass is 31.0. The second-order valence-corrected chi connectivity index (χ2v) is 4.67. The topological polar surface area (TPSA) is 51.2 Å². The Hall–Kier alpha value is -1.29. The van der Waals surface area contributed by atoms with Crippen LogP contribution >= 0.6 is 9.24 Å². The number of hydrogen-bond acceptors (Lipinski definition) is 3. The molecule has 1 N–H and O–H groups in total. The van der Waals surface area contributed by atoms with Gasteiger partial charge in [0.05, 0.1) is 18.3 Å². The number of ether oxygens (including phenoxy) is 1. The van der Waals surface area contributed by atoms with Crippen LogP contribution < -0.4 is 5.32 Å². The lowest BCUT2D eigenvalue weighted by Gasteiger charge is -2.12. The number of alkyl carbamates (subject to hydrolysis) is 1. The van der Waals surface area contributed by atoms with Crippen molar-refractivity contribution in [3.8, 4) is 0 Å². The summed E-state index contributed by atoms with van der Waals surface area (Å²) in [6.07, 6.45) is -0.837. The molecule has 0 aromatic carbocycles. The van der Waals surface area contributed by atoms with Crippen molar-refractivity contribution >= 4 is 15.3 Å². The van der Waals surface area contributed by atoms with Crippen molar-refractivity contribution in [2.75, 3.05) is 0 Å². The maximum Gasteiger partial charge on any atom is 0.407 e. The Kier molecular flexibility index (Phi) is 4.96. The third kappa shape index (κ3) is 4.92. The van der Waals surface area contributed by atoms with E-state index in [9.17, 15) is 13.6 Å². The standard InChI is InChI=1S/C11H15F2N2O2P/c1-7(2)17-10(16)14-6-8-4-3-5-9(15-8)11(12,13)18/h3-5,7H,6,18H2,1-2H3,(H,14,16). The van der Waals surface area contributed by atoms with Crippen molar-refractivity contribution in [1.29, 1.82) is 0 Å². The van der Waals surface area contributed by atoms with Crippen LogP contribution in [0.2, 0.25) is 0 Å². The Morgan fingerprint density at radius 1 is 1.56 bits per heavy atom. The summed E-state index contributed by atoms with van der Waals surface area (Å²) in [7, 11) is 1.42. The molecule has 0 aliphatic carbocycles. The highest BCUT2D eigenvalue weighted by Crippen LogP contribution is 2.33. The number of halogens is 2. The highest BCUT2D eigenvalue weighted by molar-refractivity contribution is 7.17. The van der Waals surface area contributed by atoms with Gasteiger partial charge in [-0.25, -0.2) is 9.78 Å². The maximum atomic E-state index is 13.0. The van der Waals surface area contributed by atoms with E-state index in [2.05, 4.69) is 10.3 Å². The third-order valence-corrected chi connectivity index (χ3v) is 2.20. The Morgan fingerprint density at radius 3 is 2.78 bits per heavy atom. The smallest absolute Gasteiger partial charge is 0.407 e. The van der Waals surface area contributed by atoms with Crippen molar-refractivity contribution in [2.45, 2.75) is 32.2 Å². The lowest BCUT2D eigenvalue weighted by molar-refractivity contribution is 0.0983. The predicted molar refractivity (Wildman–Crippen MR) is 66.3 cm³/mol. The van der Waals surface area contributed by atoms with Gasteiger partial charge in [0.2, 0.25) is 0 Å². The molecule has 1 heterocycles. The summed E-state index contributed by atoms with van der Waals surface area (Å²) in [6.45, 7) is 3.47. The number of amides is 1. The van der Waals surface area contributed by atoms with Gasteiger partial charge in [-0.2, -0.15) is 8.78 Å². The summed E-state index contributed by atoms with van der Waals surface area (Å²) in [4.78, 5) is 14.9. The largest absolute Gasteiger partial charge is 0.447 e. The number of hydrogen-bond donors (Lipinski definition) is 1. The minimum Gasteiger partial charge on any atom is -0.447 e. The van der Waals surface area contributed by atoms with E-state index in [1.54, 1.807) is 19.9 Å². The van der Waals surface area contributed by atoms with Crippen LogP contribution in [0.3, 0.4) is 0 Å². The molecule has 1 unspecified atom stereocenters. The Bertz CT molecular complexity index is 422. The summed E-state index contributed by atoms with van der Waals surface area (Å²) in [6, 6.07) is 4.24. The molecule has 0 saturated heterocycles. The number of carbonyl (C=O) groups is 1. The highest BCUT2D eigenvalue weighted by Gasteiger charge is 2.26. The molecule has 18 heavy (non-hydrogen) atoms. The van der Waals surface area contributed by atoms with Crippen molar-refractivity contribution in [1.82, 2.24) is 10.3 Å². The summed E-state index contributed by atoms with van der Waals surface area (Å²) >= 11 is 0. The normalized spacial score (nSPS) is 11.4. The predicted octanol–water partition coefficient (Wildman–Crippen LogP) is 2.64. The van der Waals surface area contributed by atoms with Crippen LogP contribution in [0.25, 0.3) is 0 Å². The summed E-state index contributed by atoms with van der Waals surface area (Å²) in [5, 5.41) is 2.43. The van der Waals surface area contributed by atoms with E-state index in [0.29, 0.717) is 5.69 Å². The molecule has 100 valence electrons.